The van der Waals surface area contributed by atoms with E-state index in [4.69, 9.17) is 21.1 Å². The summed E-state index contributed by atoms with van der Waals surface area (Å²) in [4.78, 5) is 39.1. The van der Waals surface area contributed by atoms with E-state index in [0.29, 0.717) is 5.02 Å². The molecule has 0 saturated carbocycles. The Balaban J connectivity index is 2.29. The van der Waals surface area contributed by atoms with Gasteiger partial charge in [0.05, 0.1) is 31.5 Å². The molecule has 0 radical (unpaired) electrons. The van der Waals surface area contributed by atoms with Crippen molar-refractivity contribution in [3.8, 4) is 0 Å². The molecule has 9 heteroatoms. The van der Waals surface area contributed by atoms with Gasteiger partial charge in [0.1, 0.15) is 11.5 Å². The fourth-order valence-corrected chi connectivity index (χ4v) is 3.15. The van der Waals surface area contributed by atoms with E-state index < -0.39 is 29.8 Å². The molecule has 150 valence electrons. The van der Waals surface area contributed by atoms with Crippen molar-refractivity contribution in [2.75, 3.05) is 19.1 Å². The van der Waals surface area contributed by atoms with Crippen molar-refractivity contribution >= 4 is 35.3 Å². The van der Waals surface area contributed by atoms with Crippen LogP contribution in [0.1, 0.15) is 11.6 Å². The van der Waals surface area contributed by atoms with Crippen LogP contribution in [0.4, 0.5) is 14.9 Å². The lowest BCUT2D eigenvalue weighted by atomic mass is 9.93. The Morgan fingerprint density at radius 2 is 1.66 bits per heavy atom. The fourth-order valence-electron chi connectivity index (χ4n) is 3.02. The van der Waals surface area contributed by atoms with Gasteiger partial charge in [0.15, 0.2) is 0 Å². The van der Waals surface area contributed by atoms with Crippen molar-refractivity contribution in [1.82, 2.24) is 5.32 Å². The van der Waals surface area contributed by atoms with E-state index >= 15 is 0 Å². The number of urea groups is 1. The predicted molar refractivity (Wildman–Crippen MR) is 103 cm³/mol. The van der Waals surface area contributed by atoms with E-state index in [1.807, 2.05) is 0 Å². The molecule has 0 aromatic heterocycles. The van der Waals surface area contributed by atoms with Crippen LogP contribution < -0.4 is 10.2 Å². The van der Waals surface area contributed by atoms with E-state index in [1.54, 1.807) is 6.07 Å². The summed E-state index contributed by atoms with van der Waals surface area (Å²) in [5.41, 5.74) is -0.392. The van der Waals surface area contributed by atoms with Crippen LogP contribution in [0.5, 0.6) is 0 Å². The largest absolute Gasteiger partial charge is 0.466 e. The number of ether oxygens (including phenoxy) is 2. The highest BCUT2D eigenvalue weighted by atomic mass is 35.5. The molecule has 0 aliphatic carbocycles. The molecular formula is C20H16ClFN2O5. The third kappa shape index (κ3) is 3.79. The van der Waals surface area contributed by atoms with Crippen molar-refractivity contribution in [2.45, 2.75) is 6.04 Å². The van der Waals surface area contributed by atoms with Gasteiger partial charge in [0, 0.05) is 10.6 Å². The number of methoxy groups -OCH3 is 2. The van der Waals surface area contributed by atoms with Gasteiger partial charge >= 0.3 is 18.0 Å². The first-order valence-corrected chi connectivity index (χ1v) is 8.78. The van der Waals surface area contributed by atoms with E-state index in [2.05, 4.69) is 5.32 Å². The van der Waals surface area contributed by atoms with E-state index in [9.17, 15) is 18.8 Å². The van der Waals surface area contributed by atoms with Crippen LogP contribution in [0.3, 0.4) is 0 Å². The minimum absolute atomic E-state index is 0.00147. The van der Waals surface area contributed by atoms with Gasteiger partial charge in [0.2, 0.25) is 0 Å². The Labute approximate surface area is 170 Å². The lowest BCUT2D eigenvalue weighted by Gasteiger charge is -2.35. The number of hydrogen-bond donors (Lipinski definition) is 1. The molecule has 2 aromatic carbocycles. The van der Waals surface area contributed by atoms with Crippen LogP contribution >= 0.6 is 11.6 Å². The molecule has 1 aliphatic heterocycles. The predicted octanol–water partition coefficient (Wildman–Crippen LogP) is 3.35. The maximum Gasteiger partial charge on any atom is 0.355 e. The Hall–Kier alpha value is -3.39. The molecule has 29 heavy (non-hydrogen) atoms. The number of carbonyl (C=O) groups excluding carboxylic acids is 3. The number of anilines is 1. The zero-order valence-corrected chi connectivity index (χ0v) is 16.2. The van der Waals surface area contributed by atoms with E-state index in [0.717, 1.165) is 19.1 Å². The number of benzene rings is 2. The number of esters is 2. The zero-order chi connectivity index (χ0) is 21.1. The molecule has 2 aromatic rings. The number of amides is 2. The fraction of sp³-hybridized carbons (Fsp3) is 0.150. The molecule has 0 unspecified atom stereocenters. The Bertz CT molecular complexity index is 1010. The highest BCUT2D eigenvalue weighted by molar-refractivity contribution is 6.30. The van der Waals surface area contributed by atoms with Crippen molar-refractivity contribution in [2.24, 2.45) is 0 Å². The van der Waals surface area contributed by atoms with Crippen molar-refractivity contribution < 1.29 is 28.2 Å². The molecule has 2 amide bonds. The quantitative estimate of drug-likeness (QED) is 0.770. The normalized spacial score (nSPS) is 16.3. The number of carbonyl (C=O) groups is 3. The highest BCUT2D eigenvalue weighted by Gasteiger charge is 2.43. The van der Waals surface area contributed by atoms with Gasteiger partial charge in [0.25, 0.3) is 0 Å². The van der Waals surface area contributed by atoms with Crippen LogP contribution in [-0.4, -0.2) is 32.2 Å². The summed E-state index contributed by atoms with van der Waals surface area (Å²) < 4.78 is 24.1. The smallest absolute Gasteiger partial charge is 0.355 e. The Kier molecular flexibility index (Phi) is 5.84. The molecule has 1 N–H and O–H groups in total. The van der Waals surface area contributed by atoms with E-state index in [1.165, 1.54) is 42.5 Å². The van der Waals surface area contributed by atoms with Crippen molar-refractivity contribution in [1.29, 1.82) is 0 Å². The molecule has 1 atom stereocenters. The Morgan fingerprint density at radius 3 is 2.24 bits per heavy atom. The molecular weight excluding hydrogens is 403 g/mol. The first-order chi connectivity index (χ1) is 13.9. The van der Waals surface area contributed by atoms with E-state index in [-0.39, 0.29) is 22.5 Å². The summed E-state index contributed by atoms with van der Waals surface area (Å²) in [6.45, 7) is 0. The summed E-state index contributed by atoms with van der Waals surface area (Å²) >= 11 is 5.90. The van der Waals surface area contributed by atoms with Gasteiger partial charge in [-0.2, -0.15) is 0 Å². The first kappa shape index (κ1) is 20.3. The topological polar surface area (TPSA) is 84.9 Å². The number of nitrogens with zero attached hydrogens (tertiary/aromatic N) is 1. The third-order valence-corrected chi connectivity index (χ3v) is 4.58. The molecule has 0 bridgehead atoms. The van der Waals surface area contributed by atoms with Crippen LogP contribution in [0.25, 0.3) is 0 Å². The Morgan fingerprint density at radius 1 is 1.03 bits per heavy atom. The second-order valence-electron chi connectivity index (χ2n) is 5.96. The van der Waals surface area contributed by atoms with Crippen LogP contribution in [-0.2, 0) is 19.1 Å². The lowest BCUT2D eigenvalue weighted by molar-refractivity contribution is -0.139. The number of hydrogen-bond acceptors (Lipinski definition) is 5. The SMILES string of the molecule is COC(=O)C1=C(C(=O)OC)N(c2ccc(Cl)cc2)C(=O)N[C@H]1c1ccccc1F. The summed E-state index contributed by atoms with van der Waals surface area (Å²) in [6.07, 6.45) is 0. The zero-order valence-electron chi connectivity index (χ0n) is 15.4. The molecule has 0 saturated heterocycles. The highest BCUT2D eigenvalue weighted by Crippen LogP contribution is 2.36. The first-order valence-electron chi connectivity index (χ1n) is 8.40. The van der Waals surface area contributed by atoms with Gasteiger partial charge in [-0.05, 0) is 30.3 Å². The van der Waals surface area contributed by atoms with Gasteiger partial charge in [-0.15, -0.1) is 0 Å². The molecule has 3 rings (SSSR count). The monoisotopic (exact) mass is 418 g/mol. The number of halogens is 2. The maximum atomic E-state index is 14.4. The summed E-state index contributed by atoms with van der Waals surface area (Å²) in [5.74, 6) is -2.54. The van der Waals surface area contributed by atoms with Gasteiger partial charge in [-0.1, -0.05) is 29.8 Å². The minimum Gasteiger partial charge on any atom is -0.466 e. The lowest BCUT2D eigenvalue weighted by Crippen LogP contribution is -2.51. The number of rotatable bonds is 4. The molecule has 0 spiro atoms. The average Bonchev–Trinajstić information content (AvgIpc) is 2.73. The van der Waals surface area contributed by atoms with Gasteiger partial charge in [-0.25, -0.2) is 18.8 Å². The maximum absolute atomic E-state index is 14.4. The second kappa shape index (κ2) is 8.32. The van der Waals surface area contributed by atoms with Crippen LogP contribution in [0, 0.1) is 5.82 Å². The second-order valence-corrected chi connectivity index (χ2v) is 6.40. The molecule has 1 aliphatic rings. The van der Waals surface area contributed by atoms with Crippen molar-refractivity contribution in [3.63, 3.8) is 0 Å². The van der Waals surface area contributed by atoms with Crippen LogP contribution in [0.15, 0.2) is 59.8 Å². The molecule has 7 nitrogen and oxygen atoms in total. The number of nitrogens with one attached hydrogen (secondary N) is 1. The summed E-state index contributed by atoms with van der Waals surface area (Å²) in [6, 6.07) is 9.58. The summed E-state index contributed by atoms with van der Waals surface area (Å²) in [5, 5.41) is 2.97. The standard InChI is InChI=1S/C20H16ClFN2O5/c1-28-18(25)15-16(13-5-3-4-6-14(13)22)23-20(27)24(17(15)19(26)29-2)12-9-7-11(21)8-10-12/h3-10,16H,1-2H3,(H,23,27)/t16-/m0/s1. The summed E-state index contributed by atoms with van der Waals surface area (Å²) in [7, 11) is 2.22. The van der Waals surface area contributed by atoms with Gasteiger partial charge < -0.3 is 14.8 Å². The van der Waals surface area contributed by atoms with Crippen LogP contribution in [0.2, 0.25) is 5.02 Å². The average molecular weight is 419 g/mol. The minimum atomic E-state index is -1.26. The van der Waals surface area contributed by atoms with Crippen molar-refractivity contribution in [3.05, 3.63) is 76.2 Å². The molecule has 1 heterocycles. The molecule has 0 fully saturated rings. The third-order valence-electron chi connectivity index (χ3n) is 4.32. The van der Waals surface area contributed by atoms with Gasteiger partial charge in [-0.3, -0.25) is 4.90 Å².